The van der Waals surface area contributed by atoms with Gasteiger partial charge in [-0.25, -0.2) is 8.42 Å². The van der Waals surface area contributed by atoms with Crippen LogP contribution in [0.2, 0.25) is 0 Å². The van der Waals surface area contributed by atoms with Crippen molar-refractivity contribution >= 4 is 32.4 Å². The number of hydrogen-bond donors (Lipinski definition) is 1. The second-order valence-electron chi connectivity index (χ2n) is 11.6. The fourth-order valence-corrected chi connectivity index (χ4v) is 7.39. The molecule has 0 unspecified atom stereocenters. The van der Waals surface area contributed by atoms with E-state index in [1.54, 1.807) is 19.2 Å². The van der Waals surface area contributed by atoms with Crippen molar-refractivity contribution in [2.45, 2.75) is 69.5 Å². The van der Waals surface area contributed by atoms with Gasteiger partial charge in [0.15, 0.2) is 9.84 Å². The number of ether oxygens (including phenoxy) is 1. The average molecular weight is 607 g/mol. The number of amides is 1. The lowest BCUT2D eigenvalue weighted by atomic mass is 9.89. The number of benzene rings is 3. The zero-order chi connectivity index (χ0) is 30.2. The predicted octanol–water partition coefficient (Wildman–Crippen LogP) is 6.45. The summed E-state index contributed by atoms with van der Waals surface area (Å²) in [7, 11) is 0.353. The van der Waals surface area contributed by atoms with Gasteiger partial charge in [0.05, 0.1) is 17.0 Å². The molecule has 2 aliphatic carbocycles. The summed E-state index contributed by atoms with van der Waals surface area (Å²) in [6.45, 7) is 4.50. The van der Waals surface area contributed by atoms with Crippen molar-refractivity contribution in [1.29, 1.82) is 0 Å². The number of aryl methyl sites for hydroxylation is 2. The van der Waals surface area contributed by atoms with Crippen LogP contribution < -0.4 is 10.1 Å². The van der Waals surface area contributed by atoms with E-state index in [2.05, 4.69) is 24.4 Å². The molecule has 5 rings (SSSR count). The summed E-state index contributed by atoms with van der Waals surface area (Å²) in [6, 6.07) is 17.5. The number of nitrogens with one attached hydrogen (secondary N) is 1. The highest BCUT2D eigenvalue weighted by Crippen LogP contribution is 2.41. The second-order valence-corrected chi connectivity index (χ2v) is 14.0. The molecule has 0 spiro atoms. The molecule has 8 heteroatoms. The van der Waals surface area contributed by atoms with Crippen molar-refractivity contribution in [3.05, 3.63) is 88.0 Å². The highest BCUT2D eigenvalue weighted by molar-refractivity contribution is 7.90. The minimum absolute atomic E-state index is 0.0205. The molecule has 0 bridgehead atoms. The predicted molar refractivity (Wildman–Crippen MR) is 170 cm³/mol. The third-order valence-electron chi connectivity index (χ3n) is 8.90. The zero-order valence-electron chi connectivity index (χ0n) is 25.0. The Labute approximate surface area is 254 Å². The molecule has 0 saturated heterocycles. The average Bonchev–Trinajstić information content (AvgIpc) is 3.35. The van der Waals surface area contributed by atoms with E-state index < -0.39 is 9.84 Å². The van der Waals surface area contributed by atoms with Gasteiger partial charge in [-0.1, -0.05) is 41.9 Å². The molecule has 1 amide bonds. The van der Waals surface area contributed by atoms with Crippen LogP contribution in [0, 0.1) is 13.8 Å². The van der Waals surface area contributed by atoms with Crippen LogP contribution >= 0.6 is 11.6 Å². The Morgan fingerprint density at radius 2 is 1.62 bits per heavy atom. The number of rotatable bonds is 8. The molecule has 1 saturated carbocycles. The molecule has 3 aromatic carbocycles. The first-order valence-corrected chi connectivity index (χ1v) is 16.7. The monoisotopic (exact) mass is 606 g/mol. The first-order valence-electron chi connectivity index (χ1n) is 14.5. The standard InChI is InChI=1S/C34H39ClN2O4S/c1-21-6-7-22(2)32-29(21)19-30(33(32)35)34(38)37(27-13-11-26(36-3)12-14-27)20-25-18-24(10-17-31(25)41-4)23-8-15-28(16-9-23)42(5,39)40/h6-10,15-18,26-27,36H,11-14,19-20H2,1-5H3. The number of nitrogens with zero attached hydrogens (tertiary/aromatic N) is 1. The maximum absolute atomic E-state index is 14.5. The summed E-state index contributed by atoms with van der Waals surface area (Å²) in [6.07, 6.45) is 5.55. The summed E-state index contributed by atoms with van der Waals surface area (Å²) in [5, 5.41) is 3.96. The van der Waals surface area contributed by atoms with E-state index in [4.69, 9.17) is 16.3 Å². The Kier molecular flexibility index (Phi) is 8.83. The van der Waals surface area contributed by atoms with Gasteiger partial charge in [0.25, 0.3) is 5.91 Å². The number of methoxy groups -OCH3 is 1. The largest absolute Gasteiger partial charge is 0.496 e. The SMILES string of the molecule is CNC1CCC(N(Cc2cc(-c3ccc(S(C)(=O)=O)cc3)ccc2OC)C(=O)C2=C(Cl)c3c(C)ccc(C)c3C2)CC1. The topological polar surface area (TPSA) is 75.7 Å². The van der Waals surface area contributed by atoms with Gasteiger partial charge in [0, 0.05) is 48.0 Å². The third kappa shape index (κ3) is 6.01. The van der Waals surface area contributed by atoms with E-state index in [9.17, 15) is 13.2 Å². The fraction of sp³-hybridized carbons (Fsp3) is 0.382. The molecule has 2 aliphatic rings. The van der Waals surface area contributed by atoms with E-state index in [0.717, 1.165) is 64.6 Å². The van der Waals surface area contributed by atoms with Gasteiger partial charge in [-0.3, -0.25) is 4.79 Å². The summed E-state index contributed by atoms with van der Waals surface area (Å²) in [4.78, 5) is 16.7. The Hall–Kier alpha value is -3.13. The number of fused-ring (bicyclic) bond motifs is 1. The van der Waals surface area contributed by atoms with E-state index in [0.29, 0.717) is 35.4 Å². The maximum Gasteiger partial charge on any atom is 0.252 e. The molecule has 222 valence electrons. The molecule has 0 heterocycles. The lowest BCUT2D eigenvalue weighted by Gasteiger charge is -2.37. The Balaban J connectivity index is 1.51. The van der Waals surface area contributed by atoms with Crippen LogP contribution in [0.3, 0.4) is 0 Å². The van der Waals surface area contributed by atoms with Crippen molar-refractivity contribution in [2.24, 2.45) is 0 Å². The zero-order valence-corrected chi connectivity index (χ0v) is 26.5. The number of hydrogen-bond acceptors (Lipinski definition) is 5. The molecule has 1 N–H and O–H groups in total. The Bertz CT molecular complexity index is 1640. The molecule has 0 aromatic heterocycles. The minimum atomic E-state index is -3.29. The summed E-state index contributed by atoms with van der Waals surface area (Å²) in [5.74, 6) is 0.683. The summed E-state index contributed by atoms with van der Waals surface area (Å²) in [5.41, 5.74) is 7.73. The second kappa shape index (κ2) is 12.2. The van der Waals surface area contributed by atoms with E-state index in [-0.39, 0.29) is 16.8 Å². The number of halogens is 1. The van der Waals surface area contributed by atoms with Crippen molar-refractivity contribution in [1.82, 2.24) is 10.2 Å². The van der Waals surface area contributed by atoms with Gasteiger partial charge in [-0.2, -0.15) is 0 Å². The summed E-state index contributed by atoms with van der Waals surface area (Å²) >= 11 is 6.98. The Morgan fingerprint density at radius 1 is 0.976 bits per heavy atom. The van der Waals surface area contributed by atoms with Crippen LogP contribution in [0.1, 0.15) is 53.5 Å². The lowest BCUT2D eigenvalue weighted by Crippen LogP contribution is -2.45. The molecule has 0 atom stereocenters. The first kappa shape index (κ1) is 30.3. The van der Waals surface area contributed by atoms with Crippen molar-refractivity contribution in [2.75, 3.05) is 20.4 Å². The molecule has 0 aliphatic heterocycles. The number of carbonyl (C=O) groups excluding carboxylic acids is 1. The van der Waals surface area contributed by atoms with Gasteiger partial charge in [0.1, 0.15) is 5.75 Å². The van der Waals surface area contributed by atoms with Gasteiger partial charge >= 0.3 is 0 Å². The molecule has 1 fully saturated rings. The van der Waals surface area contributed by atoms with Crippen LogP contribution in [0.25, 0.3) is 16.2 Å². The highest BCUT2D eigenvalue weighted by atomic mass is 35.5. The van der Waals surface area contributed by atoms with E-state index in [1.807, 2.05) is 49.2 Å². The van der Waals surface area contributed by atoms with Crippen LogP contribution in [-0.4, -0.2) is 51.7 Å². The lowest BCUT2D eigenvalue weighted by molar-refractivity contribution is -0.130. The van der Waals surface area contributed by atoms with Gasteiger partial charge in [-0.05, 0) is 98.7 Å². The molecule has 42 heavy (non-hydrogen) atoms. The van der Waals surface area contributed by atoms with Crippen LogP contribution in [0.5, 0.6) is 5.75 Å². The van der Waals surface area contributed by atoms with Crippen molar-refractivity contribution in [3.8, 4) is 16.9 Å². The van der Waals surface area contributed by atoms with Gasteiger partial charge < -0.3 is 15.0 Å². The van der Waals surface area contributed by atoms with Crippen LogP contribution in [0.15, 0.2) is 65.1 Å². The normalized spacial score (nSPS) is 18.6. The molecular formula is C34H39ClN2O4S. The molecule has 3 aromatic rings. The first-order chi connectivity index (χ1) is 20.0. The van der Waals surface area contributed by atoms with Gasteiger partial charge in [0.2, 0.25) is 0 Å². The minimum Gasteiger partial charge on any atom is -0.496 e. The van der Waals surface area contributed by atoms with Crippen LogP contribution in [0.4, 0.5) is 0 Å². The fourth-order valence-electron chi connectivity index (χ4n) is 6.35. The van der Waals surface area contributed by atoms with E-state index in [1.165, 1.54) is 6.26 Å². The summed E-state index contributed by atoms with van der Waals surface area (Å²) < 4.78 is 29.7. The van der Waals surface area contributed by atoms with E-state index >= 15 is 0 Å². The Morgan fingerprint density at radius 3 is 2.21 bits per heavy atom. The molecular weight excluding hydrogens is 568 g/mol. The van der Waals surface area contributed by atoms with Crippen molar-refractivity contribution in [3.63, 3.8) is 0 Å². The highest BCUT2D eigenvalue weighted by Gasteiger charge is 2.35. The molecule has 6 nitrogen and oxygen atoms in total. The van der Waals surface area contributed by atoms with Crippen molar-refractivity contribution < 1.29 is 17.9 Å². The van der Waals surface area contributed by atoms with Gasteiger partial charge in [-0.15, -0.1) is 0 Å². The third-order valence-corrected chi connectivity index (χ3v) is 10.4. The quantitative estimate of drug-likeness (QED) is 0.319. The van der Waals surface area contributed by atoms with Crippen LogP contribution in [-0.2, 0) is 27.6 Å². The number of carbonyl (C=O) groups is 1. The maximum atomic E-state index is 14.5. The number of sulfone groups is 1. The smallest absolute Gasteiger partial charge is 0.252 e. The molecule has 0 radical (unpaired) electrons.